The van der Waals surface area contributed by atoms with Gasteiger partial charge in [0.15, 0.2) is 0 Å². The quantitative estimate of drug-likeness (QED) is 0.582. The Morgan fingerprint density at radius 2 is 1.89 bits per heavy atom. The van der Waals surface area contributed by atoms with Gasteiger partial charge in [0.05, 0.1) is 0 Å². The van der Waals surface area contributed by atoms with Crippen molar-refractivity contribution in [1.29, 1.82) is 10.5 Å². The molecule has 0 aromatic heterocycles. The molecule has 98 valence electrons. The van der Waals surface area contributed by atoms with Crippen LogP contribution in [0.4, 0.5) is 4.39 Å². The first-order chi connectivity index (χ1) is 9.10. The van der Waals surface area contributed by atoms with E-state index in [0.717, 1.165) is 6.08 Å². The van der Waals surface area contributed by atoms with Gasteiger partial charge < -0.3 is 9.47 Å². The Morgan fingerprint density at radius 3 is 2.32 bits per heavy atom. The summed E-state index contributed by atoms with van der Waals surface area (Å²) in [7, 11) is 1.32. The molecule has 5 heteroatoms. The van der Waals surface area contributed by atoms with Crippen molar-refractivity contribution in [2.24, 2.45) is 0 Å². The van der Waals surface area contributed by atoms with Crippen LogP contribution in [0.2, 0.25) is 0 Å². The zero-order chi connectivity index (χ0) is 14.4. The first-order valence-electron chi connectivity index (χ1n) is 5.43. The molecule has 1 rings (SSSR count). The average Bonchev–Trinajstić information content (AvgIpc) is 2.49. The SMILES string of the molecule is C=C[C@@](F)(c1ccccc1)C(C#N)(C#N)OCOC. The number of rotatable bonds is 6. The molecule has 4 nitrogen and oxygen atoms in total. The number of alkyl halides is 1. The summed E-state index contributed by atoms with van der Waals surface area (Å²) in [5, 5.41) is 18.4. The van der Waals surface area contributed by atoms with Crippen LogP contribution in [0.3, 0.4) is 0 Å². The van der Waals surface area contributed by atoms with E-state index >= 15 is 4.39 Å². The average molecular weight is 260 g/mol. The second-order valence-corrected chi connectivity index (χ2v) is 3.74. The van der Waals surface area contributed by atoms with Gasteiger partial charge >= 0.3 is 0 Å². The van der Waals surface area contributed by atoms with Crippen LogP contribution in [0.5, 0.6) is 0 Å². The highest BCUT2D eigenvalue weighted by molar-refractivity contribution is 5.40. The molecule has 0 radical (unpaired) electrons. The maximum atomic E-state index is 15.2. The minimum absolute atomic E-state index is 0.115. The fraction of sp³-hybridized carbons (Fsp3) is 0.286. The van der Waals surface area contributed by atoms with Gasteiger partial charge in [0.1, 0.15) is 18.9 Å². The standard InChI is InChI=1S/C14H13FN2O2/c1-3-14(15,12-7-5-4-6-8-12)13(9-16,10-17)19-11-18-2/h3-8H,1,11H2,2H3/t14-/m1/s1. The third-order valence-electron chi connectivity index (χ3n) is 2.70. The van der Waals surface area contributed by atoms with Gasteiger partial charge in [-0.3, -0.25) is 0 Å². The molecule has 0 aliphatic heterocycles. The van der Waals surface area contributed by atoms with Crippen LogP contribution in [0, 0.1) is 22.7 Å². The van der Waals surface area contributed by atoms with E-state index in [9.17, 15) is 10.5 Å². The lowest BCUT2D eigenvalue weighted by atomic mass is 9.80. The monoisotopic (exact) mass is 260 g/mol. The van der Waals surface area contributed by atoms with E-state index in [0.29, 0.717) is 0 Å². The summed E-state index contributed by atoms with van der Waals surface area (Å²) < 4.78 is 24.8. The van der Waals surface area contributed by atoms with Gasteiger partial charge in [0.2, 0.25) is 5.67 Å². The molecule has 0 spiro atoms. The molecule has 19 heavy (non-hydrogen) atoms. The molecule has 0 saturated heterocycles. The highest BCUT2D eigenvalue weighted by atomic mass is 19.1. The van der Waals surface area contributed by atoms with Gasteiger partial charge in [-0.05, 0) is 11.6 Å². The number of halogens is 1. The third-order valence-corrected chi connectivity index (χ3v) is 2.70. The van der Waals surface area contributed by atoms with Crippen molar-refractivity contribution in [2.45, 2.75) is 11.3 Å². The fourth-order valence-electron chi connectivity index (χ4n) is 1.65. The van der Waals surface area contributed by atoms with Crippen LogP contribution in [0.25, 0.3) is 0 Å². The zero-order valence-electron chi connectivity index (χ0n) is 10.5. The summed E-state index contributed by atoms with van der Waals surface area (Å²) in [5.41, 5.74) is -4.70. The minimum atomic E-state index is -2.46. The van der Waals surface area contributed by atoms with E-state index in [2.05, 4.69) is 11.3 Å². The van der Waals surface area contributed by atoms with Gasteiger partial charge in [-0.2, -0.15) is 10.5 Å². The van der Waals surface area contributed by atoms with Gasteiger partial charge in [0.25, 0.3) is 5.60 Å². The van der Waals surface area contributed by atoms with Crippen LogP contribution >= 0.6 is 0 Å². The Kier molecular flexibility index (Phi) is 4.77. The predicted octanol–water partition coefficient (Wildman–Crippen LogP) is 2.44. The number of benzene rings is 1. The molecule has 0 heterocycles. The van der Waals surface area contributed by atoms with Crippen molar-refractivity contribution in [3.05, 3.63) is 48.6 Å². The van der Waals surface area contributed by atoms with E-state index in [4.69, 9.17) is 4.74 Å². The third kappa shape index (κ3) is 2.48. The highest BCUT2D eigenvalue weighted by Gasteiger charge is 2.55. The van der Waals surface area contributed by atoms with E-state index < -0.39 is 11.3 Å². The van der Waals surface area contributed by atoms with Crippen molar-refractivity contribution in [2.75, 3.05) is 13.9 Å². The predicted molar refractivity (Wildman–Crippen MR) is 66.3 cm³/mol. The Balaban J connectivity index is 3.36. The van der Waals surface area contributed by atoms with E-state index in [-0.39, 0.29) is 12.4 Å². The normalized spacial score (nSPS) is 13.9. The second-order valence-electron chi connectivity index (χ2n) is 3.74. The number of hydrogen-bond acceptors (Lipinski definition) is 4. The Labute approximate surface area is 111 Å². The summed E-state index contributed by atoms with van der Waals surface area (Å²) in [5.74, 6) is 0. The Bertz CT molecular complexity index is 504. The summed E-state index contributed by atoms with van der Waals surface area (Å²) >= 11 is 0. The van der Waals surface area contributed by atoms with Crippen molar-refractivity contribution < 1.29 is 13.9 Å². The summed E-state index contributed by atoms with van der Waals surface area (Å²) in [4.78, 5) is 0. The molecule has 1 atom stereocenters. The molecular formula is C14H13FN2O2. The first-order valence-corrected chi connectivity index (χ1v) is 5.43. The summed E-state index contributed by atoms with van der Waals surface area (Å²) in [6.07, 6.45) is 0.893. The molecule has 0 unspecified atom stereocenters. The maximum absolute atomic E-state index is 15.2. The lowest BCUT2D eigenvalue weighted by Crippen LogP contribution is -2.48. The Hall–Kier alpha value is -2.21. The highest BCUT2D eigenvalue weighted by Crippen LogP contribution is 2.40. The molecule has 0 N–H and O–H groups in total. The molecular weight excluding hydrogens is 247 g/mol. The molecule has 1 aromatic carbocycles. The Morgan fingerprint density at radius 1 is 1.32 bits per heavy atom. The van der Waals surface area contributed by atoms with Gasteiger partial charge in [-0.1, -0.05) is 36.9 Å². The van der Waals surface area contributed by atoms with Crippen molar-refractivity contribution in [1.82, 2.24) is 0 Å². The number of methoxy groups -OCH3 is 1. The summed E-state index contributed by atoms with van der Waals surface area (Å²) in [6.45, 7) is 3.00. The number of nitrogens with zero attached hydrogens (tertiary/aromatic N) is 2. The van der Waals surface area contributed by atoms with Crippen molar-refractivity contribution in [3.63, 3.8) is 0 Å². The largest absolute Gasteiger partial charge is 0.359 e. The van der Waals surface area contributed by atoms with Crippen LogP contribution < -0.4 is 0 Å². The van der Waals surface area contributed by atoms with Crippen molar-refractivity contribution >= 4 is 0 Å². The zero-order valence-corrected chi connectivity index (χ0v) is 10.5. The number of ether oxygens (including phenoxy) is 2. The molecule has 0 amide bonds. The lowest BCUT2D eigenvalue weighted by molar-refractivity contribution is -0.128. The van der Waals surface area contributed by atoms with E-state index in [1.54, 1.807) is 30.3 Å². The number of nitriles is 2. The first kappa shape index (κ1) is 14.8. The maximum Gasteiger partial charge on any atom is 0.285 e. The van der Waals surface area contributed by atoms with Crippen LogP contribution in [0.15, 0.2) is 43.0 Å². The molecule has 0 saturated carbocycles. The van der Waals surface area contributed by atoms with Crippen LogP contribution in [-0.4, -0.2) is 19.5 Å². The van der Waals surface area contributed by atoms with E-state index in [1.807, 2.05) is 0 Å². The topological polar surface area (TPSA) is 66.0 Å². The van der Waals surface area contributed by atoms with Crippen LogP contribution in [0.1, 0.15) is 5.56 Å². The smallest absolute Gasteiger partial charge is 0.285 e. The van der Waals surface area contributed by atoms with Gasteiger partial charge in [-0.25, -0.2) is 4.39 Å². The lowest BCUT2D eigenvalue weighted by Gasteiger charge is -2.32. The molecule has 0 aliphatic rings. The van der Waals surface area contributed by atoms with Crippen molar-refractivity contribution in [3.8, 4) is 12.1 Å². The molecule has 0 aliphatic carbocycles. The van der Waals surface area contributed by atoms with Gasteiger partial charge in [0, 0.05) is 7.11 Å². The molecule has 0 bridgehead atoms. The number of hydrogen-bond donors (Lipinski definition) is 0. The van der Waals surface area contributed by atoms with Gasteiger partial charge in [-0.15, -0.1) is 0 Å². The molecule has 1 aromatic rings. The van der Waals surface area contributed by atoms with E-state index in [1.165, 1.54) is 19.2 Å². The molecule has 0 fully saturated rings. The fourth-order valence-corrected chi connectivity index (χ4v) is 1.65. The summed E-state index contributed by atoms with van der Waals surface area (Å²) in [6, 6.07) is 11.0. The minimum Gasteiger partial charge on any atom is -0.359 e. The van der Waals surface area contributed by atoms with Crippen LogP contribution in [-0.2, 0) is 15.1 Å². The second kappa shape index (κ2) is 6.10.